The maximum Gasteiger partial charge on any atom is 0.255 e. The van der Waals surface area contributed by atoms with E-state index >= 15 is 0 Å². The van der Waals surface area contributed by atoms with Gasteiger partial charge in [0.05, 0.1) is 11.5 Å². The van der Waals surface area contributed by atoms with Crippen LogP contribution in [0.2, 0.25) is 0 Å². The zero-order chi connectivity index (χ0) is 17.8. The minimum atomic E-state index is -0.401. The fraction of sp³-hybridized carbons (Fsp3) is 0.263. The van der Waals surface area contributed by atoms with Gasteiger partial charge in [-0.2, -0.15) is 0 Å². The average Bonchev–Trinajstić information content (AvgIpc) is 2.62. The van der Waals surface area contributed by atoms with Crippen molar-refractivity contribution in [1.29, 1.82) is 0 Å². The van der Waals surface area contributed by atoms with Gasteiger partial charge >= 0.3 is 0 Å². The van der Waals surface area contributed by atoms with Gasteiger partial charge in [0.2, 0.25) is 5.91 Å². The number of carbonyl (C=O) groups excluding carboxylic acids is 2. The summed E-state index contributed by atoms with van der Waals surface area (Å²) in [6.45, 7) is 0.957. The van der Waals surface area contributed by atoms with Crippen LogP contribution >= 0.6 is 15.9 Å². The van der Waals surface area contributed by atoms with Crippen LogP contribution in [0.15, 0.2) is 53.0 Å². The van der Waals surface area contributed by atoms with Crippen molar-refractivity contribution in [2.75, 3.05) is 18.4 Å². The number of hydrogen-bond acceptors (Lipinski definition) is 2. The van der Waals surface area contributed by atoms with Gasteiger partial charge in [0.1, 0.15) is 5.82 Å². The molecule has 3 rings (SSSR count). The lowest BCUT2D eigenvalue weighted by molar-refractivity contribution is -0.121. The predicted octanol–water partition coefficient (Wildman–Crippen LogP) is 4.08. The molecule has 1 aliphatic heterocycles. The fourth-order valence-electron chi connectivity index (χ4n) is 2.97. The second-order valence-electron chi connectivity index (χ2n) is 6.07. The van der Waals surface area contributed by atoms with Gasteiger partial charge < -0.3 is 10.2 Å². The van der Waals surface area contributed by atoms with Crippen LogP contribution in [-0.4, -0.2) is 29.8 Å². The lowest BCUT2D eigenvalue weighted by Gasteiger charge is -2.32. The van der Waals surface area contributed by atoms with E-state index < -0.39 is 5.82 Å². The third kappa shape index (κ3) is 4.25. The van der Waals surface area contributed by atoms with Gasteiger partial charge in [-0.3, -0.25) is 9.59 Å². The number of nitrogens with one attached hydrogen (secondary N) is 1. The molecule has 2 amide bonds. The Labute approximate surface area is 154 Å². The Kier molecular flexibility index (Phi) is 5.48. The van der Waals surface area contributed by atoms with Crippen molar-refractivity contribution in [1.82, 2.24) is 4.90 Å². The van der Waals surface area contributed by atoms with E-state index in [1.807, 2.05) is 30.3 Å². The highest BCUT2D eigenvalue weighted by Gasteiger charge is 2.29. The molecule has 0 saturated carbocycles. The Bertz CT molecular complexity index is 782. The topological polar surface area (TPSA) is 49.4 Å². The second kappa shape index (κ2) is 7.78. The number of anilines is 1. The number of benzene rings is 2. The second-order valence-corrected chi connectivity index (χ2v) is 6.92. The highest BCUT2D eigenvalue weighted by Crippen LogP contribution is 2.24. The number of amides is 2. The zero-order valence-electron chi connectivity index (χ0n) is 13.5. The molecule has 0 bridgehead atoms. The van der Waals surface area contributed by atoms with Gasteiger partial charge in [-0.05, 0) is 59.1 Å². The zero-order valence-corrected chi connectivity index (χ0v) is 15.1. The number of halogens is 2. The Morgan fingerprint density at radius 2 is 1.92 bits per heavy atom. The molecule has 130 valence electrons. The monoisotopic (exact) mass is 404 g/mol. The molecule has 0 radical (unpaired) electrons. The van der Waals surface area contributed by atoms with Crippen LogP contribution in [0.3, 0.4) is 0 Å². The van der Waals surface area contributed by atoms with Crippen LogP contribution in [0.4, 0.5) is 10.1 Å². The van der Waals surface area contributed by atoms with Gasteiger partial charge in [-0.1, -0.05) is 18.2 Å². The number of hydrogen-bond donors (Lipinski definition) is 1. The first-order chi connectivity index (χ1) is 12.0. The molecule has 25 heavy (non-hydrogen) atoms. The molecule has 6 heteroatoms. The van der Waals surface area contributed by atoms with E-state index in [9.17, 15) is 14.0 Å². The predicted molar refractivity (Wildman–Crippen MR) is 97.8 cm³/mol. The highest BCUT2D eigenvalue weighted by atomic mass is 79.9. The molecule has 1 aliphatic rings. The summed E-state index contributed by atoms with van der Waals surface area (Å²) in [6, 6.07) is 13.3. The first-order valence-electron chi connectivity index (χ1n) is 8.15. The van der Waals surface area contributed by atoms with E-state index in [1.165, 1.54) is 18.2 Å². The third-order valence-electron chi connectivity index (χ3n) is 4.28. The van der Waals surface area contributed by atoms with Gasteiger partial charge in [-0.15, -0.1) is 0 Å². The molecule has 2 aromatic carbocycles. The Morgan fingerprint density at radius 1 is 1.16 bits per heavy atom. The molecule has 1 fully saturated rings. The lowest BCUT2D eigenvalue weighted by atomic mass is 9.96. The van der Waals surface area contributed by atoms with Crippen molar-refractivity contribution in [2.45, 2.75) is 12.8 Å². The molecule has 2 aromatic rings. The number of rotatable bonds is 3. The minimum absolute atomic E-state index is 0.0816. The van der Waals surface area contributed by atoms with Gasteiger partial charge in [0, 0.05) is 23.2 Å². The summed E-state index contributed by atoms with van der Waals surface area (Å²) < 4.78 is 13.6. The summed E-state index contributed by atoms with van der Waals surface area (Å²) in [5.41, 5.74) is 1.16. The Balaban J connectivity index is 1.68. The van der Waals surface area contributed by atoms with E-state index in [-0.39, 0.29) is 17.7 Å². The van der Waals surface area contributed by atoms with Crippen molar-refractivity contribution < 1.29 is 14.0 Å². The van der Waals surface area contributed by atoms with Crippen LogP contribution < -0.4 is 5.32 Å². The van der Waals surface area contributed by atoms with E-state index in [0.717, 1.165) is 18.5 Å². The molecule has 1 N–H and O–H groups in total. The smallest absolute Gasteiger partial charge is 0.255 e. The van der Waals surface area contributed by atoms with Crippen molar-refractivity contribution in [3.63, 3.8) is 0 Å². The van der Waals surface area contributed by atoms with Crippen molar-refractivity contribution >= 4 is 33.4 Å². The normalized spacial score (nSPS) is 17.2. The van der Waals surface area contributed by atoms with E-state index in [0.29, 0.717) is 23.1 Å². The number of piperidine rings is 1. The van der Waals surface area contributed by atoms with Crippen molar-refractivity contribution in [3.05, 3.63) is 64.4 Å². The van der Waals surface area contributed by atoms with Crippen LogP contribution in [0.25, 0.3) is 0 Å². The maximum absolute atomic E-state index is 13.2. The number of carbonyl (C=O) groups is 2. The SMILES string of the molecule is O=C(Nc1ccccc1)C1CCCN(C(=O)c2ccc(F)cc2Br)C1. The largest absolute Gasteiger partial charge is 0.338 e. The molecule has 4 nitrogen and oxygen atoms in total. The third-order valence-corrected chi connectivity index (χ3v) is 4.94. The Morgan fingerprint density at radius 3 is 2.64 bits per heavy atom. The molecule has 1 unspecified atom stereocenters. The highest BCUT2D eigenvalue weighted by molar-refractivity contribution is 9.10. The molecule has 0 aliphatic carbocycles. The number of likely N-dealkylation sites (tertiary alicyclic amines) is 1. The quantitative estimate of drug-likeness (QED) is 0.837. The first kappa shape index (κ1) is 17.6. The molecule has 0 aromatic heterocycles. The molecule has 1 heterocycles. The molecule has 1 saturated heterocycles. The summed E-state index contributed by atoms with van der Waals surface area (Å²) in [6.07, 6.45) is 1.50. The van der Waals surface area contributed by atoms with Gasteiger partial charge in [0.25, 0.3) is 5.91 Å². The fourth-order valence-corrected chi connectivity index (χ4v) is 3.50. The molecule has 0 spiro atoms. The number of nitrogens with zero attached hydrogens (tertiary/aromatic N) is 1. The van der Waals surface area contributed by atoms with Crippen molar-refractivity contribution in [2.24, 2.45) is 5.92 Å². The lowest BCUT2D eigenvalue weighted by Crippen LogP contribution is -2.43. The summed E-state index contributed by atoms with van der Waals surface area (Å²) in [5.74, 6) is -0.926. The van der Waals surface area contributed by atoms with Gasteiger partial charge in [-0.25, -0.2) is 4.39 Å². The molecular weight excluding hydrogens is 387 g/mol. The molecule has 1 atom stereocenters. The summed E-state index contributed by atoms with van der Waals surface area (Å²) in [4.78, 5) is 26.8. The minimum Gasteiger partial charge on any atom is -0.338 e. The first-order valence-corrected chi connectivity index (χ1v) is 8.94. The Hall–Kier alpha value is -2.21. The summed E-state index contributed by atoms with van der Waals surface area (Å²) >= 11 is 3.24. The average molecular weight is 405 g/mol. The van der Waals surface area contributed by atoms with Crippen LogP contribution in [0, 0.1) is 11.7 Å². The van der Waals surface area contributed by atoms with E-state index in [4.69, 9.17) is 0 Å². The maximum atomic E-state index is 13.2. The van der Waals surface area contributed by atoms with E-state index in [1.54, 1.807) is 4.90 Å². The standard InChI is InChI=1S/C19H18BrFN2O2/c20-17-11-14(21)8-9-16(17)19(25)23-10-4-5-13(12-23)18(24)22-15-6-2-1-3-7-15/h1-3,6-9,11,13H,4-5,10,12H2,(H,22,24). The van der Waals surface area contributed by atoms with Crippen LogP contribution in [0.1, 0.15) is 23.2 Å². The van der Waals surface area contributed by atoms with Crippen molar-refractivity contribution in [3.8, 4) is 0 Å². The number of para-hydroxylation sites is 1. The summed E-state index contributed by atoms with van der Waals surface area (Å²) in [7, 11) is 0. The van der Waals surface area contributed by atoms with Crippen LogP contribution in [0.5, 0.6) is 0 Å². The molecular formula is C19H18BrFN2O2. The van der Waals surface area contributed by atoms with E-state index in [2.05, 4.69) is 21.2 Å². The van der Waals surface area contributed by atoms with Gasteiger partial charge in [0.15, 0.2) is 0 Å². The summed E-state index contributed by atoms with van der Waals surface area (Å²) in [5, 5.41) is 2.89. The van der Waals surface area contributed by atoms with Crippen LogP contribution in [-0.2, 0) is 4.79 Å².